The Morgan fingerprint density at radius 2 is 1.52 bits per heavy atom. The molecular weight excluding hydrogens is 452 g/mol. The third kappa shape index (κ3) is 3.70. The molecule has 0 radical (unpaired) electrons. The minimum atomic E-state index is 0. The molecular formula is C15H17Br2N8+3. The van der Waals surface area contributed by atoms with Gasteiger partial charge in [0.25, 0.3) is 6.67 Å². The molecule has 3 aromatic heterocycles. The molecule has 4 heterocycles. The van der Waals surface area contributed by atoms with Crippen LogP contribution in [0.5, 0.6) is 0 Å². The lowest BCUT2D eigenvalue weighted by molar-refractivity contribution is -0.828. The summed E-state index contributed by atoms with van der Waals surface area (Å²) < 4.78 is 4.21. The molecule has 128 valence electrons. The van der Waals surface area contributed by atoms with Crippen molar-refractivity contribution < 1.29 is 9.14 Å². The molecule has 0 atom stereocenters. The van der Waals surface area contributed by atoms with E-state index in [4.69, 9.17) is 0 Å². The zero-order valence-corrected chi connectivity index (χ0v) is 16.5. The number of rotatable bonds is 4. The average Bonchev–Trinajstić information content (AvgIpc) is 3.28. The molecule has 0 saturated carbocycles. The molecule has 0 fully saturated rings. The van der Waals surface area contributed by atoms with Gasteiger partial charge in [0.15, 0.2) is 6.20 Å². The molecule has 0 bridgehead atoms. The Hall–Kier alpha value is -2.30. The molecule has 1 aliphatic heterocycles. The molecule has 1 aliphatic rings. The monoisotopic (exact) mass is 467 g/mol. The first kappa shape index (κ1) is 19.0. The van der Waals surface area contributed by atoms with Gasteiger partial charge in [-0.15, -0.1) is 38.5 Å². The third-order valence-electron chi connectivity index (χ3n) is 3.52. The lowest BCUT2D eigenvalue weighted by atomic mass is 10.5. The van der Waals surface area contributed by atoms with Crippen molar-refractivity contribution in [2.24, 2.45) is 0 Å². The molecule has 0 unspecified atom stereocenters. The number of aromatic amines is 1. The topological polar surface area (TPSA) is 74.2 Å². The Balaban J connectivity index is 0.00000113. The summed E-state index contributed by atoms with van der Waals surface area (Å²) in [6, 6.07) is 3.58. The van der Waals surface area contributed by atoms with Crippen LogP contribution in [0.15, 0.2) is 68.0 Å². The fraction of sp³-hybridized carbons (Fsp3) is 0.0667. The SMILES string of the molecule is Br.Br.C1=C[N+](c2ncccn2)(c2ncccn2)C=[N+]1C[n+]1cc[nH]c1. The quantitative estimate of drug-likeness (QED) is 0.468. The number of imidazole rings is 1. The smallest absolute Gasteiger partial charge is 0.250 e. The molecule has 25 heavy (non-hydrogen) atoms. The first-order valence-electron chi connectivity index (χ1n) is 7.13. The van der Waals surface area contributed by atoms with Gasteiger partial charge in [0, 0.05) is 24.8 Å². The number of nitrogens with zero attached hydrogens (tertiary/aromatic N) is 7. The zero-order valence-electron chi connectivity index (χ0n) is 13.1. The zero-order chi connectivity index (χ0) is 15.5. The summed E-state index contributed by atoms with van der Waals surface area (Å²) in [6.07, 6.45) is 18.6. The van der Waals surface area contributed by atoms with Crippen LogP contribution in [0.4, 0.5) is 11.9 Å². The molecule has 0 aromatic carbocycles. The van der Waals surface area contributed by atoms with Crippen LogP contribution < -0.4 is 9.05 Å². The van der Waals surface area contributed by atoms with E-state index in [9.17, 15) is 0 Å². The molecule has 1 N–H and O–H groups in total. The fourth-order valence-corrected chi connectivity index (χ4v) is 2.47. The highest BCUT2D eigenvalue weighted by Gasteiger charge is 2.45. The standard InChI is InChI=1S/C15H14N8.2BrH/c1-3-17-14(18-4-1)23(15-19-5-2-6-20-15)10-9-22(13-23)12-21-8-7-16-11-21;;/h1-11,13H,12H2;2*1H/q+2;;/p+1. The number of quaternary nitrogens is 1. The maximum absolute atomic E-state index is 4.40. The Kier molecular flexibility index (Phi) is 6.23. The van der Waals surface area contributed by atoms with E-state index < -0.39 is 0 Å². The normalized spacial score (nSPS) is 14.3. The van der Waals surface area contributed by atoms with Crippen molar-refractivity contribution in [3.05, 3.63) is 68.0 Å². The van der Waals surface area contributed by atoms with Gasteiger partial charge in [-0.05, 0) is 12.1 Å². The summed E-state index contributed by atoms with van der Waals surface area (Å²) in [5.74, 6) is 1.19. The van der Waals surface area contributed by atoms with Crippen LogP contribution in [-0.4, -0.2) is 35.8 Å². The largest absolute Gasteiger partial charge is 0.356 e. The van der Waals surface area contributed by atoms with Crippen LogP contribution in [0.1, 0.15) is 0 Å². The van der Waals surface area contributed by atoms with E-state index >= 15 is 0 Å². The number of aromatic nitrogens is 6. The highest BCUT2D eigenvalue weighted by atomic mass is 79.9. The predicted octanol–water partition coefficient (Wildman–Crippen LogP) is 1.86. The second-order valence-corrected chi connectivity index (χ2v) is 5.07. The average molecular weight is 469 g/mol. The number of H-pyrrole nitrogens is 1. The van der Waals surface area contributed by atoms with Gasteiger partial charge in [0.2, 0.25) is 12.5 Å². The van der Waals surface area contributed by atoms with Gasteiger partial charge in [-0.2, -0.15) is 24.5 Å². The van der Waals surface area contributed by atoms with Crippen molar-refractivity contribution in [3.8, 4) is 0 Å². The van der Waals surface area contributed by atoms with Gasteiger partial charge in [0.05, 0.1) is 0 Å². The van der Waals surface area contributed by atoms with Crippen molar-refractivity contribution in [1.82, 2.24) is 29.4 Å². The maximum Gasteiger partial charge on any atom is 0.356 e. The number of hydrogen-bond acceptors (Lipinski definition) is 4. The van der Waals surface area contributed by atoms with Gasteiger partial charge >= 0.3 is 18.2 Å². The van der Waals surface area contributed by atoms with Gasteiger partial charge < -0.3 is 0 Å². The molecule has 10 heteroatoms. The van der Waals surface area contributed by atoms with E-state index in [1.807, 2.05) is 46.6 Å². The lowest BCUT2D eigenvalue weighted by Crippen LogP contribution is -2.42. The minimum absolute atomic E-state index is 0. The summed E-state index contributed by atoms with van der Waals surface area (Å²) in [6.45, 7) is 0.666. The van der Waals surface area contributed by atoms with Crippen LogP contribution in [0.25, 0.3) is 0 Å². The molecule has 0 saturated heterocycles. The Bertz CT molecular complexity index is 810. The minimum Gasteiger partial charge on any atom is -0.250 e. The first-order valence-corrected chi connectivity index (χ1v) is 7.13. The highest BCUT2D eigenvalue weighted by molar-refractivity contribution is 8.93. The van der Waals surface area contributed by atoms with E-state index in [0.29, 0.717) is 18.6 Å². The third-order valence-corrected chi connectivity index (χ3v) is 3.52. The number of nitrogens with one attached hydrogen (secondary N) is 1. The lowest BCUT2D eigenvalue weighted by Gasteiger charge is -2.17. The van der Waals surface area contributed by atoms with E-state index in [1.54, 1.807) is 36.9 Å². The molecule has 3 aromatic rings. The van der Waals surface area contributed by atoms with Gasteiger partial charge in [-0.25, -0.2) is 0 Å². The maximum atomic E-state index is 4.40. The van der Waals surface area contributed by atoms with Crippen molar-refractivity contribution in [1.29, 1.82) is 0 Å². The van der Waals surface area contributed by atoms with E-state index in [-0.39, 0.29) is 38.4 Å². The van der Waals surface area contributed by atoms with Gasteiger partial charge in [-0.3, -0.25) is 4.98 Å². The number of hydrogen-bond donors (Lipinski definition) is 1. The Labute approximate surface area is 165 Å². The van der Waals surface area contributed by atoms with Gasteiger partial charge in [-0.1, -0.05) is 4.48 Å². The Morgan fingerprint density at radius 3 is 2.04 bits per heavy atom. The van der Waals surface area contributed by atoms with Crippen LogP contribution in [-0.2, 0) is 6.67 Å². The molecule has 4 rings (SSSR count). The summed E-state index contributed by atoms with van der Waals surface area (Å²) >= 11 is 0. The van der Waals surface area contributed by atoms with E-state index in [0.717, 1.165) is 0 Å². The Morgan fingerprint density at radius 1 is 0.920 bits per heavy atom. The van der Waals surface area contributed by atoms with E-state index in [1.165, 1.54) is 0 Å². The highest BCUT2D eigenvalue weighted by Crippen LogP contribution is 2.28. The van der Waals surface area contributed by atoms with Crippen LogP contribution in [0.2, 0.25) is 0 Å². The van der Waals surface area contributed by atoms with Crippen molar-refractivity contribution in [3.63, 3.8) is 0 Å². The van der Waals surface area contributed by atoms with Crippen LogP contribution >= 0.6 is 34.0 Å². The predicted molar refractivity (Wildman–Crippen MR) is 103 cm³/mol. The van der Waals surface area contributed by atoms with Crippen LogP contribution in [0, 0.1) is 0 Å². The van der Waals surface area contributed by atoms with Crippen molar-refractivity contribution >= 4 is 52.2 Å². The second-order valence-electron chi connectivity index (χ2n) is 5.07. The molecule has 0 aliphatic carbocycles. The summed E-state index contributed by atoms with van der Waals surface area (Å²) in [7, 11) is 0. The van der Waals surface area contributed by atoms with E-state index in [2.05, 4.69) is 24.9 Å². The van der Waals surface area contributed by atoms with Crippen LogP contribution in [0.3, 0.4) is 0 Å². The fourth-order valence-electron chi connectivity index (χ4n) is 2.47. The number of halogens is 2. The van der Waals surface area contributed by atoms with Gasteiger partial charge in [0.1, 0.15) is 12.4 Å². The summed E-state index contributed by atoms with van der Waals surface area (Å²) in [5.41, 5.74) is 0. The molecule has 0 amide bonds. The molecule has 0 spiro atoms. The van der Waals surface area contributed by atoms with Crippen molar-refractivity contribution in [2.45, 2.75) is 6.67 Å². The first-order chi connectivity index (χ1) is 11.4. The molecule has 8 nitrogen and oxygen atoms in total. The summed E-state index contributed by atoms with van der Waals surface area (Å²) in [4.78, 5) is 20.6. The van der Waals surface area contributed by atoms with Crippen molar-refractivity contribution in [2.75, 3.05) is 0 Å². The second kappa shape index (κ2) is 8.19. The summed E-state index contributed by atoms with van der Waals surface area (Å²) in [5, 5.41) is 0.